The Bertz CT molecular complexity index is 1290. The van der Waals surface area contributed by atoms with Crippen LogP contribution in [0, 0.1) is 5.92 Å². The Labute approximate surface area is 204 Å². The van der Waals surface area contributed by atoms with Gasteiger partial charge in [-0.3, -0.25) is 9.78 Å². The number of fused-ring (bicyclic) bond motifs is 1. The molecule has 1 atom stereocenters. The van der Waals surface area contributed by atoms with Crippen molar-refractivity contribution in [1.82, 2.24) is 19.5 Å². The molecule has 0 spiro atoms. The van der Waals surface area contributed by atoms with Gasteiger partial charge in [-0.05, 0) is 54.4 Å². The molecule has 1 aliphatic heterocycles. The highest BCUT2D eigenvalue weighted by Crippen LogP contribution is 2.29. The fraction of sp³-hybridized carbons (Fsp3) is 0.296. The van der Waals surface area contributed by atoms with Gasteiger partial charge in [0, 0.05) is 43.2 Å². The first-order valence-corrected chi connectivity index (χ1v) is 11.7. The summed E-state index contributed by atoms with van der Waals surface area (Å²) in [5, 5.41) is 4.32. The minimum absolute atomic E-state index is 0.0439. The smallest absolute Gasteiger partial charge is 0.254 e. The van der Waals surface area contributed by atoms with Crippen LogP contribution in [0.5, 0.6) is 11.5 Å². The van der Waals surface area contributed by atoms with Crippen molar-refractivity contribution in [1.29, 1.82) is 0 Å². The Morgan fingerprint density at radius 1 is 1.11 bits per heavy atom. The van der Waals surface area contributed by atoms with E-state index < -0.39 is 0 Å². The Morgan fingerprint density at radius 2 is 2.06 bits per heavy atom. The number of methoxy groups -OCH3 is 1. The van der Waals surface area contributed by atoms with E-state index >= 15 is 0 Å². The fourth-order valence-electron chi connectivity index (χ4n) is 4.42. The van der Waals surface area contributed by atoms with Crippen LogP contribution in [0.3, 0.4) is 0 Å². The molecule has 1 fully saturated rings. The van der Waals surface area contributed by atoms with Crippen molar-refractivity contribution in [3.8, 4) is 11.5 Å². The van der Waals surface area contributed by atoms with E-state index in [1.807, 2.05) is 45.9 Å². The van der Waals surface area contributed by atoms with E-state index in [4.69, 9.17) is 14.2 Å². The maximum atomic E-state index is 13.4. The second kappa shape index (κ2) is 10.6. The summed E-state index contributed by atoms with van der Waals surface area (Å²) in [6.45, 7) is 2.62. The van der Waals surface area contributed by atoms with Crippen molar-refractivity contribution in [3.63, 3.8) is 0 Å². The topological polar surface area (TPSA) is 78.2 Å². The standard InChI is InChI=1S/C27H28N4O4/c1-33-26-16-22(7-8-25(26)35-19-23-6-2-3-10-28-23)27(32)30-13-14-34-18-20(17-30)15-21-5-4-12-31-24(21)9-11-29-31/h2-12,16,20H,13-15,17-19H2,1H3/t20-/m1/s1. The quantitative estimate of drug-likeness (QED) is 0.409. The highest BCUT2D eigenvalue weighted by molar-refractivity contribution is 5.95. The second-order valence-corrected chi connectivity index (χ2v) is 8.57. The summed E-state index contributed by atoms with van der Waals surface area (Å²) in [6, 6.07) is 17.1. The molecule has 0 N–H and O–H groups in total. The van der Waals surface area contributed by atoms with Gasteiger partial charge in [0.25, 0.3) is 5.91 Å². The molecule has 8 heteroatoms. The van der Waals surface area contributed by atoms with E-state index in [9.17, 15) is 4.79 Å². The molecule has 4 heterocycles. The third-order valence-electron chi connectivity index (χ3n) is 6.17. The molecule has 8 nitrogen and oxygen atoms in total. The van der Waals surface area contributed by atoms with Crippen molar-refractivity contribution in [2.24, 2.45) is 5.92 Å². The molecule has 1 aliphatic rings. The van der Waals surface area contributed by atoms with Crippen LogP contribution >= 0.6 is 0 Å². The monoisotopic (exact) mass is 472 g/mol. The third kappa shape index (κ3) is 5.27. The summed E-state index contributed by atoms with van der Waals surface area (Å²) in [4.78, 5) is 19.6. The number of pyridine rings is 2. The number of hydrogen-bond acceptors (Lipinski definition) is 6. The van der Waals surface area contributed by atoms with E-state index in [-0.39, 0.29) is 11.8 Å². The molecule has 1 aromatic carbocycles. The Morgan fingerprint density at radius 3 is 2.91 bits per heavy atom. The van der Waals surface area contributed by atoms with Crippen LogP contribution in [0.15, 0.2) is 73.2 Å². The minimum atomic E-state index is -0.0439. The molecular weight excluding hydrogens is 444 g/mol. The first-order chi connectivity index (χ1) is 17.2. The van der Waals surface area contributed by atoms with Crippen molar-refractivity contribution in [2.45, 2.75) is 13.0 Å². The lowest BCUT2D eigenvalue weighted by molar-refractivity contribution is 0.0737. The normalized spacial score (nSPS) is 16.1. The van der Waals surface area contributed by atoms with Crippen LogP contribution in [0.2, 0.25) is 0 Å². The number of carbonyl (C=O) groups excluding carboxylic acids is 1. The highest BCUT2D eigenvalue weighted by atomic mass is 16.5. The van der Waals surface area contributed by atoms with E-state index in [2.05, 4.69) is 16.1 Å². The molecule has 180 valence electrons. The maximum Gasteiger partial charge on any atom is 0.254 e. The van der Waals surface area contributed by atoms with Gasteiger partial charge in [-0.25, -0.2) is 4.52 Å². The van der Waals surface area contributed by atoms with Gasteiger partial charge in [-0.2, -0.15) is 5.10 Å². The number of hydrogen-bond donors (Lipinski definition) is 0. The second-order valence-electron chi connectivity index (χ2n) is 8.57. The average molecular weight is 473 g/mol. The average Bonchev–Trinajstić information content (AvgIpc) is 3.27. The minimum Gasteiger partial charge on any atom is -0.493 e. The van der Waals surface area contributed by atoms with Gasteiger partial charge in [-0.15, -0.1) is 0 Å². The maximum absolute atomic E-state index is 13.4. The molecule has 1 amide bonds. The van der Waals surface area contributed by atoms with Crippen LogP contribution in [-0.4, -0.2) is 58.8 Å². The molecule has 0 radical (unpaired) electrons. The number of amides is 1. The molecule has 5 rings (SSSR count). The van der Waals surface area contributed by atoms with Gasteiger partial charge >= 0.3 is 0 Å². The van der Waals surface area contributed by atoms with E-state index in [0.717, 1.165) is 17.6 Å². The van der Waals surface area contributed by atoms with Crippen molar-refractivity contribution in [2.75, 3.05) is 33.4 Å². The van der Waals surface area contributed by atoms with E-state index in [1.54, 1.807) is 37.7 Å². The van der Waals surface area contributed by atoms with Gasteiger partial charge in [-0.1, -0.05) is 12.1 Å². The van der Waals surface area contributed by atoms with Gasteiger partial charge in [0.1, 0.15) is 6.61 Å². The van der Waals surface area contributed by atoms with Crippen molar-refractivity contribution < 1.29 is 19.0 Å². The van der Waals surface area contributed by atoms with Crippen molar-refractivity contribution >= 4 is 11.4 Å². The van der Waals surface area contributed by atoms with Crippen LogP contribution in [-0.2, 0) is 17.8 Å². The molecule has 0 aliphatic carbocycles. The first-order valence-electron chi connectivity index (χ1n) is 11.7. The largest absolute Gasteiger partial charge is 0.493 e. The zero-order valence-electron chi connectivity index (χ0n) is 19.7. The van der Waals surface area contributed by atoms with Crippen LogP contribution in [0.4, 0.5) is 0 Å². The molecule has 0 saturated carbocycles. The summed E-state index contributed by atoms with van der Waals surface area (Å²) >= 11 is 0. The fourth-order valence-corrected chi connectivity index (χ4v) is 4.42. The molecule has 4 aromatic rings. The van der Waals surface area contributed by atoms with E-state index in [0.29, 0.717) is 50.0 Å². The Hall–Kier alpha value is -3.91. The third-order valence-corrected chi connectivity index (χ3v) is 6.17. The van der Waals surface area contributed by atoms with Crippen LogP contribution in [0.25, 0.3) is 5.52 Å². The lowest BCUT2D eigenvalue weighted by Crippen LogP contribution is -2.36. The highest BCUT2D eigenvalue weighted by Gasteiger charge is 2.25. The SMILES string of the molecule is COc1cc(C(=O)N2CCOC[C@H](Cc3cccn4nccc34)C2)ccc1OCc1ccccn1. The number of nitrogens with zero attached hydrogens (tertiary/aromatic N) is 4. The van der Waals surface area contributed by atoms with Crippen LogP contribution < -0.4 is 9.47 Å². The Kier molecular flexibility index (Phi) is 6.90. The van der Waals surface area contributed by atoms with Gasteiger partial charge < -0.3 is 19.1 Å². The van der Waals surface area contributed by atoms with Crippen molar-refractivity contribution in [3.05, 3.63) is 90.0 Å². The van der Waals surface area contributed by atoms with Gasteiger partial charge in [0.05, 0.1) is 31.5 Å². The number of rotatable bonds is 7. The van der Waals surface area contributed by atoms with Gasteiger partial charge in [0.15, 0.2) is 11.5 Å². The molecule has 35 heavy (non-hydrogen) atoms. The zero-order valence-corrected chi connectivity index (χ0v) is 19.7. The predicted octanol–water partition coefficient (Wildman–Crippen LogP) is 3.65. The molecule has 3 aromatic heterocycles. The molecule has 1 saturated heterocycles. The van der Waals surface area contributed by atoms with E-state index in [1.165, 1.54) is 5.56 Å². The number of ether oxygens (including phenoxy) is 3. The first kappa shape index (κ1) is 22.9. The summed E-state index contributed by atoms with van der Waals surface area (Å²) in [5.74, 6) is 1.23. The predicted molar refractivity (Wildman–Crippen MR) is 131 cm³/mol. The summed E-state index contributed by atoms with van der Waals surface area (Å²) in [5.41, 5.74) is 3.66. The number of aromatic nitrogens is 3. The summed E-state index contributed by atoms with van der Waals surface area (Å²) < 4.78 is 19.1. The van der Waals surface area contributed by atoms with Crippen LogP contribution in [0.1, 0.15) is 21.6 Å². The zero-order chi connectivity index (χ0) is 24.0. The summed E-state index contributed by atoms with van der Waals surface area (Å²) in [7, 11) is 1.57. The van der Waals surface area contributed by atoms with Gasteiger partial charge in [0.2, 0.25) is 0 Å². The number of benzene rings is 1. The summed E-state index contributed by atoms with van der Waals surface area (Å²) in [6.07, 6.45) is 6.28. The Balaban J connectivity index is 1.28. The molecule has 0 bridgehead atoms. The number of carbonyl (C=O) groups is 1. The molecule has 0 unspecified atom stereocenters. The lowest BCUT2D eigenvalue weighted by Gasteiger charge is -2.24. The molecular formula is C27H28N4O4. The lowest BCUT2D eigenvalue weighted by atomic mass is 9.99.